The molecule has 17 heavy (non-hydrogen) atoms. The van der Waals surface area contributed by atoms with Gasteiger partial charge in [0.05, 0.1) is 5.69 Å². The standard InChI is InChI=1S/C10H15N5O2/c1-5-7(11)9-14(12-5)10(16)8(13(3)4)6(2)15(9)17/h15H,11H2,1-4H3. The lowest BCUT2D eigenvalue weighted by molar-refractivity contribution is -0.736. The van der Waals surface area contributed by atoms with Crippen molar-refractivity contribution in [3.05, 3.63) is 22.3 Å². The molecule has 7 heteroatoms. The number of carbonyl (C=O) groups is 1. The Bertz CT molecular complexity index is 529. The van der Waals surface area contributed by atoms with E-state index in [1.807, 2.05) is 0 Å². The van der Waals surface area contributed by atoms with Crippen LogP contribution in [0.3, 0.4) is 0 Å². The SMILES string of the molecule is CC1=C(N(C)C)C(=O)n2nc(C)c(N)c2[NH+]1[O-]. The van der Waals surface area contributed by atoms with E-state index in [0.29, 0.717) is 17.1 Å². The first-order chi connectivity index (χ1) is 7.86. The van der Waals surface area contributed by atoms with Crippen molar-refractivity contribution in [2.24, 2.45) is 0 Å². The molecular formula is C10H15N5O2. The van der Waals surface area contributed by atoms with Gasteiger partial charge in [-0.3, -0.25) is 9.86 Å². The number of hydrogen-bond acceptors (Lipinski definition) is 5. The molecule has 2 heterocycles. The van der Waals surface area contributed by atoms with Crippen LogP contribution < -0.4 is 10.8 Å². The zero-order valence-corrected chi connectivity index (χ0v) is 10.2. The number of hydrogen-bond donors (Lipinski definition) is 2. The van der Waals surface area contributed by atoms with E-state index in [2.05, 4.69) is 5.10 Å². The van der Waals surface area contributed by atoms with Crippen molar-refractivity contribution >= 4 is 17.4 Å². The molecule has 1 aliphatic rings. The largest absolute Gasteiger partial charge is 0.622 e. The van der Waals surface area contributed by atoms with Gasteiger partial charge in [-0.15, -0.1) is 4.68 Å². The number of fused-ring (bicyclic) bond motifs is 1. The molecule has 1 unspecified atom stereocenters. The number of aromatic nitrogens is 2. The van der Waals surface area contributed by atoms with E-state index in [-0.39, 0.29) is 22.5 Å². The van der Waals surface area contributed by atoms with Gasteiger partial charge in [0, 0.05) is 21.0 Å². The van der Waals surface area contributed by atoms with Crippen LogP contribution in [-0.2, 0) is 0 Å². The van der Waals surface area contributed by atoms with Crippen LogP contribution in [0.1, 0.15) is 17.4 Å². The number of rotatable bonds is 1. The van der Waals surface area contributed by atoms with Crippen LogP contribution in [0, 0.1) is 12.1 Å². The number of quaternary nitrogens is 1. The summed E-state index contributed by atoms with van der Waals surface area (Å²) in [6.45, 7) is 3.30. The molecule has 0 amide bonds. The molecule has 92 valence electrons. The average Bonchev–Trinajstić information content (AvgIpc) is 2.53. The van der Waals surface area contributed by atoms with Crippen LogP contribution in [0.2, 0.25) is 0 Å². The summed E-state index contributed by atoms with van der Waals surface area (Å²) >= 11 is 0. The fourth-order valence-electron chi connectivity index (χ4n) is 1.98. The summed E-state index contributed by atoms with van der Waals surface area (Å²) in [6, 6.07) is 0. The van der Waals surface area contributed by atoms with E-state index in [4.69, 9.17) is 5.73 Å². The van der Waals surface area contributed by atoms with Gasteiger partial charge in [0.1, 0.15) is 11.4 Å². The molecule has 0 radical (unpaired) electrons. The minimum absolute atomic E-state index is 0.176. The number of likely N-dealkylation sites (N-methyl/N-ethyl adjacent to an activating group) is 1. The first-order valence-corrected chi connectivity index (χ1v) is 5.19. The summed E-state index contributed by atoms with van der Waals surface area (Å²) in [5, 5.41) is 15.9. The van der Waals surface area contributed by atoms with Crippen molar-refractivity contribution in [2.75, 3.05) is 19.8 Å². The van der Waals surface area contributed by atoms with Crippen molar-refractivity contribution in [3.8, 4) is 0 Å². The third kappa shape index (κ3) is 1.43. The van der Waals surface area contributed by atoms with Crippen LogP contribution in [0.5, 0.6) is 0 Å². The van der Waals surface area contributed by atoms with Gasteiger partial charge in [-0.05, 0) is 6.92 Å². The zero-order valence-electron chi connectivity index (χ0n) is 10.2. The van der Waals surface area contributed by atoms with Crippen LogP contribution in [0.25, 0.3) is 0 Å². The Morgan fingerprint density at radius 1 is 1.41 bits per heavy atom. The Kier molecular flexibility index (Phi) is 2.44. The number of nitrogen functional groups attached to an aromatic ring is 1. The maximum Gasteiger partial charge on any atom is 0.305 e. The molecular weight excluding hydrogens is 222 g/mol. The van der Waals surface area contributed by atoms with Gasteiger partial charge in [0.25, 0.3) is 5.82 Å². The number of anilines is 1. The molecule has 0 fully saturated rings. The molecule has 0 bridgehead atoms. The molecule has 1 aromatic heterocycles. The summed E-state index contributed by atoms with van der Waals surface area (Å²) in [6.07, 6.45) is 0. The normalized spacial score (nSPS) is 19.6. The molecule has 0 aliphatic carbocycles. The lowest BCUT2D eigenvalue weighted by Gasteiger charge is -2.30. The highest BCUT2D eigenvalue weighted by molar-refractivity contribution is 5.98. The molecule has 7 nitrogen and oxygen atoms in total. The van der Waals surface area contributed by atoms with Crippen LogP contribution >= 0.6 is 0 Å². The van der Waals surface area contributed by atoms with Crippen LogP contribution in [0.4, 0.5) is 11.5 Å². The highest BCUT2D eigenvalue weighted by Crippen LogP contribution is 2.24. The monoisotopic (exact) mass is 237 g/mol. The maximum atomic E-state index is 12.2. The second-order valence-electron chi connectivity index (χ2n) is 4.26. The minimum Gasteiger partial charge on any atom is -0.622 e. The van der Waals surface area contributed by atoms with Crippen LogP contribution in [0.15, 0.2) is 11.4 Å². The summed E-state index contributed by atoms with van der Waals surface area (Å²) in [7, 11) is 3.43. The van der Waals surface area contributed by atoms with E-state index in [9.17, 15) is 10.0 Å². The second kappa shape index (κ2) is 3.57. The first kappa shape index (κ1) is 11.6. The smallest absolute Gasteiger partial charge is 0.305 e. The number of allylic oxidation sites excluding steroid dienone is 2. The summed E-state index contributed by atoms with van der Waals surface area (Å²) in [5.41, 5.74) is 7.29. The van der Waals surface area contributed by atoms with E-state index < -0.39 is 0 Å². The number of aryl methyl sites for hydroxylation is 1. The van der Waals surface area contributed by atoms with Crippen molar-refractivity contribution < 1.29 is 9.86 Å². The van der Waals surface area contributed by atoms with Crippen molar-refractivity contribution in [1.29, 1.82) is 0 Å². The predicted octanol–water partition coefficient (Wildman–Crippen LogP) is -0.765. The van der Waals surface area contributed by atoms with Gasteiger partial charge < -0.3 is 15.8 Å². The summed E-state index contributed by atoms with van der Waals surface area (Å²) < 4.78 is 1.09. The Morgan fingerprint density at radius 2 is 2.00 bits per heavy atom. The molecule has 0 spiro atoms. The molecule has 0 saturated heterocycles. The predicted molar refractivity (Wildman–Crippen MR) is 62.4 cm³/mol. The van der Waals surface area contributed by atoms with Gasteiger partial charge in [-0.2, -0.15) is 5.10 Å². The topological polar surface area (TPSA) is 91.7 Å². The second-order valence-corrected chi connectivity index (χ2v) is 4.26. The third-order valence-electron chi connectivity index (χ3n) is 2.86. The fraction of sp³-hybridized carbons (Fsp3) is 0.400. The number of hydroxylamine groups is 1. The van der Waals surface area contributed by atoms with Gasteiger partial charge in [0.2, 0.25) is 0 Å². The fourth-order valence-corrected chi connectivity index (χ4v) is 1.98. The molecule has 1 atom stereocenters. The molecule has 3 N–H and O–H groups in total. The maximum absolute atomic E-state index is 12.2. The summed E-state index contributed by atoms with van der Waals surface area (Å²) in [5.74, 6) is -0.141. The van der Waals surface area contributed by atoms with Crippen molar-refractivity contribution in [3.63, 3.8) is 0 Å². The van der Waals surface area contributed by atoms with E-state index in [0.717, 1.165) is 4.68 Å². The van der Waals surface area contributed by atoms with Gasteiger partial charge in [0.15, 0.2) is 5.70 Å². The highest BCUT2D eigenvalue weighted by atomic mass is 16.5. The van der Waals surface area contributed by atoms with Gasteiger partial charge in [-0.1, -0.05) is 0 Å². The van der Waals surface area contributed by atoms with Crippen molar-refractivity contribution in [2.45, 2.75) is 13.8 Å². The van der Waals surface area contributed by atoms with Crippen LogP contribution in [-0.4, -0.2) is 34.7 Å². The molecule has 2 rings (SSSR count). The lowest BCUT2D eigenvalue weighted by Crippen LogP contribution is -3.01. The molecule has 1 aromatic rings. The number of nitrogens with two attached hydrogens (primary N) is 1. The minimum atomic E-state index is -0.318. The average molecular weight is 237 g/mol. The van der Waals surface area contributed by atoms with E-state index in [1.165, 1.54) is 0 Å². The Balaban J connectivity index is 2.68. The third-order valence-corrected chi connectivity index (χ3v) is 2.86. The van der Waals surface area contributed by atoms with E-state index >= 15 is 0 Å². The van der Waals surface area contributed by atoms with Gasteiger partial charge >= 0.3 is 5.91 Å². The first-order valence-electron chi connectivity index (χ1n) is 5.19. The Hall–Kier alpha value is -1.86. The summed E-state index contributed by atoms with van der Waals surface area (Å²) in [4.78, 5) is 13.8. The zero-order chi connectivity index (χ0) is 12.9. The molecule has 1 aliphatic heterocycles. The van der Waals surface area contributed by atoms with Gasteiger partial charge in [-0.25, -0.2) is 0 Å². The van der Waals surface area contributed by atoms with Crippen molar-refractivity contribution in [1.82, 2.24) is 14.7 Å². The molecule has 0 saturated carbocycles. The number of carbonyl (C=O) groups excluding carboxylic acids is 1. The number of nitrogens with zero attached hydrogens (tertiary/aromatic N) is 3. The lowest BCUT2D eigenvalue weighted by atomic mass is 10.2. The number of nitrogens with one attached hydrogen (secondary N) is 1. The Morgan fingerprint density at radius 3 is 2.53 bits per heavy atom. The highest BCUT2D eigenvalue weighted by Gasteiger charge is 2.35. The van der Waals surface area contributed by atoms with E-state index in [1.54, 1.807) is 32.8 Å². The Labute approximate surface area is 98.7 Å². The quantitative estimate of drug-likeness (QED) is 0.626. The molecule has 0 aromatic carbocycles.